The van der Waals surface area contributed by atoms with E-state index in [1.165, 1.54) is 19.1 Å². The molecule has 1 rings (SSSR count). The van der Waals surface area contributed by atoms with Crippen molar-refractivity contribution in [3.05, 3.63) is 32.3 Å². The molecule has 0 amide bonds. The van der Waals surface area contributed by atoms with Crippen LogP contribution in [0.2, 0.25) is 0 Å². The number of benzene rings is 1. The monoisotopic (exact) mass is 352 g/mol. The van der Waals surface area contributed by atoms with Crippen molar-refractivity contribution in [1.29, 1.82) is 0 Å². The lowest BCUT2D eigenvalue weighted by Crippen LogP contribution is -2.27. The molecule has 1 unspecified atom stereocenters. The number of nitrogens with one attached hydrogen (secondary N) is 1. The minimum atomic E-state index is -3.03. The number of rotatable bonds is 5. The van der Waals surface area contributed by atoms with Gasteiger partial charge >= 0.3 is 11.7 Å². The summed E-state index contributed by atoms with van der Waals surface area (Å²) in [5.41, 5.74) is -1.69. The molecule has 0 aliphatic heterocycles. The summed E-state index contributed by atoms with van der Waals surface area (Å²) < 4.78 is 30.3. The van der Waals surface area contributed by atoms with Crippen molar-refractivity contribution >= 4 is 33.3 Å². The van der Waals surface area contributed by atoms with Crippen LogP contribution < -0.4 is 5.32 Å². The Bertz CT molecular complexity index is 539. The molecule has 0 fully saturated rings. The van der Waals surface area contributed by atoms with Crippen molar-refractivity contribution < 1.29 is 23.2 Å². The summed E-state index contributed by atoms with van der Waals surface area (Å²) in [6, 6.07) is 1.58. The number of hydrogen-bond donors (Lipinski definition) is 1. The molecule has 0 heterocycles. The van der Waals surface area contributed by atoms with Gasteiger partial charge in [0.15, 0.2) is 0 Å². The molecule has 0 aliphatic rings. The van der Waals surface area contributed by atoms with E-state index in [2.05, 4.69) is 26.0 Å². The first-order chi connectivity index (χ1) is 9.29. The van der Waals surface area contributed by atoms with Crippen molar-refractivity contribution in [3.8, 4) is 0 Å². The maximum atomic E-state index is 12.9. The Morgan fingerprint density at radius 1 is 1.50 bits per heavy atom. The van der Waals surface area contributed by atoms with E-state index in [1.54, 1.807) is 0 Å². The molecule has 1 atom stereocenters. The van der Waals surface area contributed by atoms with Crippen LogP contribution in [0.25, 0.3) is 0 Å². The van der Waals surface area contributed by atoms with E-state index in [4.69, 9.17) is 0 Å². The number of carbonyl (C=O) groups excluding carboxylic acids is 1. The van der Waals surface area contributed by atoms with Gasteiger partial charge in [0.25, 0.3) is 6.43 Å². The highest BCUT2D eigenvalue weighted by molar-refractivity contribution is 9.10. The van der Waals surface area contributed by atoms with E-state index in [1.807, 2.05) is 0 Å². The Balaban J connectivity index is 3.30. The number of methoxy groups -OCH3 is 1. The second-order valence-electron chi connectivity index (χ2n) is 3.80. The van der Waals surface area contributed by atoms with Gasteiger partial charge in [-0.2, -0.15) is 0 Å². The number of halogens is 3. The Labute approximate surface area is 121 Å². The number of hydrogen-bond acceptors (Lipinski definition) is 5. The first-order valence-electron chi connectivity index (χ1n) is 5.38. The van der Waals surface area contributed by atoms with E-state index in [9.17, 15) is 23.7 Å². The predicted octanol–water partition coefficient (Wildman–Crippen LogP) is 3.27. The predicted molar refractivity (Wildman–Crippen MR) is 70.9 cm³/mol. The van der Waals surface area contributed by atoms with Crippen LogP contribution in [0.4, 0.5) is 20.2 Å². The van der Waals surface area contributed by atoms with Gasteiger partial charge in [-0.25, -0.2) is 13.6 Å². The summed E-state index contributed by atoms with van der Waals surface area (Å²) in [5.74, 6) is -0.666. The van der Waals surface area contributed by atoms with Gasteiger partial charge in [-0.3, -0.25) is 10.1 Å². The molecule has 0 radical (unpaired) electrons. The fraction of sp³-hybridized carbons (Fsp3) is 0.364. The fourth-order valence-corrected chi connectivity index (χ4v) is 2.07. The molecule has 110 valence electrons. The molecule has 1 aromatic rings. The molecule has 0 saturated heterocycles. The lowest BCUT2D eigenvalue weighted by atomic mass is 10.1. The topological polar surface area (TPSA) is 81.5 Å². The zero-order chi connectivity index (χ0) is 15.4. The van der Waals surface area contributed by atoms with Gasteiger partial charge < -0.3 is 10.1 Å². The molecule has 0 aromatic heterocycles. The van der Waals surface area contributed by atoms with Crippen LogP contribution in [0.3, 0.4) is 0 Å². The first-order valence-corrected chi connectivity index (χ1v) is 6.18. The van der Waals surface area contributed by atoms with Crippen LogP contribution in [-0.2, 0) is 9.53 Å². The molecular formula is C11H11BrF2N2O4. The number of nitro benzene ring substituents is 1. The number of nitro groups is 1. The van der Waals surface area contributed by atoms with E-state index >= 15 is 0 Å². The van der Waals surface area contributed by atoms with Crippen LogP contribution in [-0.4, -0.2) is 24.0 Å². The maximum absolute atomic E-state index is 12.9. The first kappa shape index (κ1) is 16.3. The van der Waals surface area contributed by atoms with Gasteiger partial charge in [0.05, 0.1) is 12.0 Å². The van der Waals surface area contributed by atoms with Crippen LogP contribution in [0.1, 0.15) is 18.9 Å². The Morgan fingerprint density at radius 2 is 2.10 bits per heavy atom. The number of esters is 1. The average Bonchev–Trinajstić information content (AvgIpc) is 2.38. The molecule has 0 bridgehead atoms. The molecule has 1 N–H and O–H groups in total. The standard InChI is InChI=1S/C11H11BrF2N2O4/c1-5(11(17)20-2)15-7-4-3-6(12)8(10(13)14)9(7)16(18)19/h3-5,10,15H,1-2H3. The van der Waals surface area contributed by atoms with Crippen molar-refractivity contribution in [1.82, 2.24) is 0 Å². The van der Waals surface area contributed by atoms with Gasteiger partial charge in [-0.05, 0) is 19.1 Å². The van der Waals surface area contributed by atoms with Gasteiger partial charge in [-0.1, -0.05) is 15.9 Å². The van der Waals surface area contributed by atoms with E-state index in [0.717, 1.165) is 7.11 Å². The molecule has 1 aromatic carbocycles. The van der Waals surface area contributed by atoms with Gasteiger partial charge in [0.1, 0.15) is 17.3 Å². The number of carbonyl (C=O) groups is 1. The minimum Gasteiger partial charge on any atom is -0.467 e. The highest BCUT2D eigenvalue weighted by Crippen LogP contribution is 2.40. The van der Waals surface area contributed by atoms with Crippen LogP contribution in [0.15, 0.2) is 16.6 Å². The van der Waals surface area contributed by atoms with Crippen LogP contribution in [0, 0.1) is 10.1 Å². The smallest absolute Gasteiger partial charge is 0.327 e. The third kappa shape index (κ3) is 3.41. The lowest BCUT2D eigenvalue weighted by molar-refractivity contribution is -0.385. The SMILES string of the molecule is COC(=O)C(C)Nc1ccc(Br)c(C(F)F)c1[N+](=O)[O-]. The van der Waals surface area contributed by atoms with Crippen molar-refractivity contribution in [2.45, 2.75) is 19.4 Å². The van der Waals surface area contributed by atoms with Crippen molar-refractivity contribution in [3.63, 3.8) is 0 Å². The summed E-state index contributed by atoms with van der Waals surface area (Å²) in [4.78, 5) is 21.4. The highest BCUT2D eigenvalue weighted by Gasteiger charge is 2.30. The third-order valence-corrected chi connectivity index (χ3v) is 3.18. The summed E-state index contributed by atoms with van der Waals surface area (Å²) in [6.07, 6.45) is -3.03. The summed E-state index contributed by atoms with van der Waals surface area (Å²) in [5, 5.41) is 13.5. The van der Waals surface area contributed by atoms with Gasteiger partial charge in [0.2, 0.25) is 0 Å². The summed E-state index contributed by atoms with van der Waals surface area (Å²) >= 11 is 2.86. The lowest BCUT2D eigenvalue weighted by Gasteiger charge is -2.15. The number of ether oxygens (including phenoxy) is 1. The summed E-state index contributed by atoms with van der Waals surface area (Å²) in [6.45, 7) is 1.40. The molecule has 0 spiro atoms. The third-order valence-electron chi connectivity index (χ3n) is 2.49. The second-order valence-corrected chi connectivity index (χ2v) is 4.66. The molecule has 0 saturated carbocycles. The molecule has 0 aliphatic carbocycles. The van der Waals surface area contributed by atoms with Crippen molar-refractivity contribution in [2.24, 2.45) is 0 Å². The normalized spacial score (nSPS) is 12.1. The molecular weight excluding hydrogens is 342 g/mol. The van der Waals surface area contributed by atoms with Gasteiger partial charge in [-0.15, -0.1) is 0 Å². The van der Waals surface area contributed by atoms with Crippen LogP contribution >= 0.6 is 15.9 Å². The average molecular weight is 353 g/mol. The molecule has 20 heavy (non-hydrogen) atoms. The minimum absolute atomic E-state index is 0.0736. The van der Waals surface area contributed by atoms with Crippen LogP contribution in [0.5, 0.6) is 0 Å². The Hall–Kier alpha value is -1.77. The number of nitrogens with zero attached hydrogens (tertiary/aromatic N) is 1. The van der Waals surface area contributed by atoms with Gasteiger partial charge in [0, 0.05) is 4.47 Å². The molecule has 9 heteroatoms. The zero-order valence-corrected chi connectivity index (χ0v) is 12.1. The largest absolute Gasteiger partial charge is 0.467 e. The Kier molecular flexibility index (Phi) is 5.37. The quantitative estimate of drug-likeness (QED) is 0.499. The van der Waals surface area contributed by atoms with E-state index < -0.39 is 34.6 Å². The van der Waals surface area contributed by atoms with E-state index in [-0.39, 0.29) is 10.2 Å². The van der Waals surface area contributed by atoms with E-state index in [0.29, 0.717) is 0 Å². The fourth-order valence-electron chi connectivity index (χ4n) is 1.57. The Morgan fingerprint density at radius 3 is 2.55 bits per heavy atom. The second kappa shape index (κ2) is 6.60. The molecule has 6 nitrogen and oxygen atoms in total. The van der Waals surface area contributed by atoms with Crippen molar-refractivity contribution in [2.75, 3.05) is 12.4 Å². The number of alkyl halides is 2. The highest BCUT2D eigenvalue weighted by atomic mass is 79.9. The summed E-state index contributed by atoms with van der Waals surface area (Å²) in [7, 11) is 1.15. The number of anilines is 1. The zero-order valence-electron chi connectivity index (χ0n) is 10.5. The maximum Gasteiger partial charge on any atom is 0.327 e.